The maximum atomic E-state index is 11.1. The van der Waals surface area contributed by atoms with E-state index < -0.39 is 10.0 Å². The lowest BCUT2D eigenvalue weighted by Crippen LogP contribution is -2.25. The molecule has 0 aliphatic carbocycles. The summed E-state index contributed by atoms with van der Waals surface area (Å²) in [5, 5.41) is 0. The van der Waals surface area contributed by atoms with Crippen LogP contribution in [0, 0.1) is 0 Å². The number of sulfonamides is 1. The van der Waals surface area contributed by atoms with Crippen molar-refractivity contribution in [3.63, 3.8) is 0 Å². The minimum atomic E-state index is -3.17. The zero-order valence-corrected chi connectivity index (χ0v) is 12.5. The molecule has 0 aliphatic rings. The summed E-state index contributed by atoms with van der Waals surface area (Å²) in [7, 11) is -1.49. The first-order valence-corrected chi connectivity index (χ1v) is 8.49. The van der Waals surface area contributed by atoms with Crippen LogP contribution >= 0.6 is 11.8 Å². The fraction of sp³-hybridized carbons (Fsp3) is 0.500. The molecule has 0 radical (unpaired) electrons. The van der Waals surface area contributed by atoms with E-state index >= 15 is 0 Å². The standard InChI is InChI=1S/C12H19NO3S2/c1-10(13-18(3,14)15)11-4-6-12(7-5-11)17-9-8-16-2/h4-7,10,13H,8-9H2,1-3H3/t10-/m0/s1. The van der Waals surface area contributed by atoms with Crippen LogP contribution in [-0.4, -0.2) is 34.1 Å². The highest BCUT2D eigenvalue weighted by Gasteiger charge is 2.10. The van der Waals surface area contributed by atoms with E-state index in [0.717, 1.165) is 22.8 Å². The molecule has 0 bridgehead atoms. The fourth-order valence-electron chi connectivity index (χ4n) is 1.48. The summed E-state index contributed by atoms with van der Waals surface area (Å²) in [5.41, 5.74) is 0.955. The van der Waals surface area contributed by atoms with E-state index in [4.69, 9.17) is 4.74 Å². The van der Waals surface area contributed by atoms with Crippen molar-refractivity contribution >= 4 is 21.8 Å². The van der Waals surface area contributed by atoms with Gasteiger partial charge in [-0.25, -0.2) is 13.1 Å². The lowest BCUT2D eigenvalue weighted by atomic mass is 10.1. The lowest BCUT2D eigenvalue weighted by Gasteiger charge is -2.13. The molecule has 1 rings (SSSR count). The van der Waals surface area contributed by atoms with Crippen LogP contribution in [0.5, 0.6) is 0 Å². The summed E-state index contributed by atoms with van der Waals surface area (Å²) in [6.45, 7) is 2.55. The molecule has 4 nitrogen and oxygen atoms in total. The highest BCUT2D eigenvalue weighted by molar-refractivity contribution is 7.99. The second-order valence-corrected chi connectivity index (χ2v) is 6.97. The Hall–Kier alpha value is -0.560. The highest BCUT2D eigenvalue weighted by Crippen LogP contribution is 2.21. The molecule has 0 unspecified atom stereocenters. The SMILES string of the molecule is COCCSc1ccc([C@H](C)NS(C)(=O)=O)cc1. The summed E-state index contributed by atoms with van der Waals surface area (Å²) >= 11 is 1.71. The summed E-state index contributed by atoms with van der Waals surface area (Å²) < 4.78 is 29.8. The smallest absolute Gasteiger partial charge is 0.209 e. The summed E-state index contributed by atoms with van der Waals surface area (Å²) in [6.07, 6.45) is 1.17. The molecule has 1 atom stereocenters. The van der Waals surface area contributed by atoms with Crippen molar-refractivity contribution in [3.05, 3.63) is 29.8 Å². The third kappa shape index (κ3) is 5.86. The van der Waals surface area contributed by atoms with E-state index in [1.807, 2.05) is 31.2 Å². The number of hydrogen-bond acceptors (Lipinski definition) is 4. The van der Waals surface area contributed by atoms with Crippen LogP contribution in [0.4, 0.5) is 0 Å². The molecule has 0 saturated carbocycles. The van der Waals surface area contributed by atoms with Crippen molar-refractivity contribution in [1.29, 1.82) is 0 Å². The molecule has 1 aromatic carbocycles. The summed E-state index contributed by atoms with van der Waals surface area (Å²) in [6, 6.07) is 7.67. The molecule has 0 fully saturated rings. The van der Waals surface area contributed by atoms with Gasteiger partial charge < -0.3 is 4.74 Å². The van der Waals surface area contributed by atoms with Gasteiger partial charge in [0.05, 0.1) is 12.9 Å². The Morgan fingerprint density at radius 1 is 1.33 bits per heavy atom. The number of thioether (sulfide) groups is 1. The van der Waals surface area contributed by atoms with E-state index in [1.54, 1.807) is 18.9 Å². The number of benzene rings is 1. The third-order valence-electron chi connectivity index (χ3n) is 2.33. The van der Waals surface area contributed by atoms with Gasteiger partial charge >= 0.3 is 0 Å². The van der Waals surface area contributed by atoms with Gasteiger partial charge in [0.1, 0.15) is 0 Å². The van der Waals surface area contributed by atoms with E-state index in [-0.39, 0.29) is 6.04 Å². The maximum absolute atomic E-state index is 11.1. The molecule has 0 saturated heterocycles. The van der Waals surface area contributed by atoms with Gasteiger partial charge in [0.15, 0.2) is 0 Å². The summed E-state index contributed by atoms with van der Waals surface area (Å²) in [5.74, 6) is 0.910. The first-order valence-electron chi connectivity index (χ1n) is 5.61. The van der Waals surface area contributed by atoms with Crippen molar-refractivity contribution < 1.29 is 13.2 Å². The number of hydrogen-bond donors (Lipinski definition) is 1. The van der Waals surface area contributed by atoms with Crippen molar-refractivity contribution in [2.24, 2.45) is 0 Å². The molecule has 1 aromatic rings. The average Bonchev–Trinajstić information content (AvgIpc) is 2.28. The zero-order chi connectivity index (χ0) is 13.6. The van der Waals surface area contributed by atoms with E-state index in [1.165, 1.54) is 6.26 Å². The second kappa shape index (κ2) is 7.13. The molecule has 6 heteroatoms. The number of ether oxygens (including phenoxy) is 1. The number of rotatable bonds is 7. The van der Waals surface area contributed by atoms with E-state index in [0.29, 0.717) is 0 Å². The Kier molecular flexibility index (Phi) is 6.14. The largest absolute Gasteiger partial charge is 0.384 e. The van der Waals surface area contributed by atoms with Gasteiger partial charge in [0.2, 0.25) is 10.0 Å². The molecule has 0 heterocycles. The Morgan fingerprint density at radius 3 is 2.44 bits per heavy atom. The van der Waals surface area contributed by atoms with Gasteiger partial charge in [-0.3, -0.25) is 0 Å². The zero-order valence-electron chi connectivity index (χ0n) is 10.8. The maximum Gasteiger partial charge on any atom is 0.209 e. The number of methoxy groups -OCH3 is 1. The second-order valence-electron chi connectivity index (χ2n) is 4.02. The Morgan fingerprint density at radius 2 is 1.94 bits per heavy atom. The summed E-state index contributed by atoms with van der Waals surface area (Å²) in [4.78, 5) is 1.15. The van der Waals surface area contributed by atoms with Crippen LogP contribution in [0.2, 0.25) is 0 Å². The van der Waals surface area contributed by atoms with Crippen molar-refractivity contribution in [1.82, 2.24) is 4.72 Å². The molecule has 0 aliphatic heterocycles. The lowest BCUT2D eigenvalue weighted by molar-refractivity contribution is 0.218. The Labute approximate surface area is 113 Å². The van der Waals surface area contributed by atoms with Crippen LogP contribution in [0.1, 0.15) is 18.5 Å². The predicted molar refractivity (Wildman–Crippen MR) is 75.4 cm³/mol. The molecular weight excluding hydrogens is 270 g/mol. The van der Waals surface area contributed by atoms with Crippen LogP contribution in [-0.2, 0) is 14.8 Å². The molecule has 1 N–H and O–H groups in total. The average molecular weight is 289 g/mol. The minimum absolute atomic E-state index is 0.210. The van der Waals surface area contributed by atoms with Crippen LogP contribution < -0.4 is 4.72 Å². The van der Waals surface area contributed by atoms with Gasteiger partial charge in [-0.05, 0) is 24.6 Å². The number of nitrogens with one attached hydrogen (secondary N) is 1. The Bertz CT molecular complexity index is 457. The highest BCUT2D eigenvalue weighted by atomic mass is 32.2. The quantitative estimate of drug-likeness (QED) is 0.616. The van der Waals surface area contributed by atoms with Crippen LogP contribution in [0.3, 0.4) is 0 Å². The third-order valence-corrected chi connectivity index (χ3v) is 4.09. The van der Waals surface area contributed by atoms with Gasteiger partial charge in [-0.2, -0.15) is 0 Å². The molecule has 0 spiro atoms. The molecule has 0 aromatic heterocycles. The topological polar surface area (TPSA) is 55.4 Å². The van der Waals surface area contributed by atoms with Gasteiger partial charge in [-0.15, -0.1) is 11.8 Å². The van der Waals surface area contributed by atoms with E-state index in [9.17, 15) is 8.42 Å². The monoisotopic (exact) mass is 289 g/mol. The normalized spacial score (nSPS) is 13.5. The van der Waals surface area contributed by atoms with Gasteiger partial charge in [0.25, 0.3) is 0 Å². The fourth-order valence-corrected chi connectivity index (χ4v) is 3.08. The first-order chi connectivity index (χ1) is 8.42. The molecular formula is C12H19NO3S2. The van der Waals surface area contributed by atoms with Crippen molar-refractivity contribution in [3.8, 4) is 0 Å². The van der Waals surface area contributed by atoms with Gasteiger partial charge in [-0.1, -0.05) is 12.1 Å². The van der Waals surface area contributed by atoms with Crippen LogP contribution in [0.15, 0.2) is 29.2 Å². The molecule has 18 heavy (non-hydrogen) atoms. The first kappa shape index (κ1) is 15.5. The van der Waals surface area contributed by atoms with Crippen LogP contribution in [0.25, 0.3) is 0 Å². The molecule has 0 amide bonds. The predicted octanol–water partition coefficient (Wildman–Crippen LogP) is 2.04. The van der Waals surface area contributed by atoms with E-state index in [2.05, 4.69) is 4.72 Å². The minimum Gasteiger partial charge on any atom is -0.384 e. The van der Waals surface area contributed by atoms with Gasteiger partial charge in [0, 0.05) is 23.8 Å². The Balaban J connectivity index is 2.59. The van der Waals surface area contributed by atoms with Crippen molar-refractivity contribution in [2.45, 2.75) is 17.9 Å². The molecule has 102 valence electrons. The van der Waals surface area contributed by atoms with Crippen molar-refractivity contribution in [2.75, 3.05) is 25.7 Å².